The smallest absolute Gasteiger partial charge is 0.0386 e. The molecule has 0 aromatic carbocycles. The van der Waals surface area contributed by atoms with Gasteiger partial charge in [0.05, 0.1) is 0 Å². The molecular weight excluding hydrogens is 136 g/mol. The number of nitrogens with two attached hydrogens (primary N) is 1. The Kier molecular flexibility index (Phi) is 5.53. The highest BCUT2D eigenvalue weighted by Crippen LogP contribution is 2.04. The van der Waals surface area contributed by atoms with E-state index in [9.17, 15) is 0 Å². The van der Waals surface area contributed by atoms with E-state index in [0.717, 1.165) is 18.5 Å². The maximum atomic E-state index is 5.40. The molecule has 0 radical (unpaired) electrons. The quantitative estimate of drug-likeness (QED) is 0.618. The van der Waals surface area contributed by atoms with Crippen LogP contribution >= 0.6 is 0 Å². The fourth-order valence-corrected chi connectivity index (χ4v) is 0.684. The minimum atomic E-state index is 0.473. The molecule has 64 valence electrons. The molecule has 0 aromatic heterocycles. The van der Waals surface area contributed by atoms with Gasteiger partial charge in [-0.3, -0.25) is 4.99 Å². The topological polar surface area (TPSA) is 38.4 Å². The fraction of sp³-hybridized carbons (Fsp3) is 0.667. The molecule has 0 rings (SSSR count). The Morgan fingerprint density at radius 1 is 1.55 bits per heavy atom. The first-order chi connectivity index (χ1) is 5.22. The van der Waals surface area contributed by atoms with E-state index in [0.29, 0.717) is 5.92 Å². The van der Waals surface area contributed by atoms with Gasteiger partial charge in [-0.2, -0.15) is 0 Å². The summed E-state index contributed by atoms with van der Waals surface area (Å²) in [4.78, 5) is 4.21. The van der Waals surface area contributed by atoms with Gasteiger partial charge in [-0.25, -0.2) is 0 Å². The summed E-state index contributed by atoms with van der Waals surface area (Å²) < 4.78 is 0. The molecule has 0 aliphatic heterocycles. The third-order valence-corrected chi connectivity index (χ3v) is 1.45. The molecule has 0 aliphatic carbocycles. The van der Waals surface area contributed by atoms with E-state index in [1.165, 1.54) is 0 Å². The summed E-state index contributed by atoms with van der Waals surface area (Å²) in [5.74, 6) is 0.473. The van der Waals surface area contributed by atoms with Gasteiger partial charge >= 0.3 is 0 Å². The Morgan fingerprint density at radius 3 is 2.55 bits per heavy atom. The first-order valence-electron chi connectivity index (χ1n) is 4.14. The summed E-state index contributed by atoms with van der Waals surface area (Å²) in [6.45, 7) is 7.22. The van der Waals surface area contributed by atoms with Gasteiger partial charge in [0.1, 0.15) is 0 Å². The van der Waals surface area contributed by atoms with Gasteiger partial charge < -0.3 is 5.73 Å². The largest absolute Gasteiger partial charge is 0.404 e. The Labute approximate surface area is 69.2 Å². The highest BCUT2D eigenvalue weighted by molar-refractivity contribution is 5.78. The molecule has 0 atom stereocenters. The van der Waals surface area contributed by atoms with Crippen LogP contribution in [0.5, 0.6) is 0 Å². The number of allylic oxidation sites excluding steroid dienone is 1. The molecule has 0 aliphatic rings. The monoisotopic (exact) mass is 154 g/mol. The van der Waals surface area contributed by atoms with Crippen molar-refractivity contribution in [2.75, 3.05) is 6.54 Å². The summed E-state index contributed by atoms with van der Waals surface area (Å²) in [5, 5.41) is 0. The van der Waals surface area contributed by atoms with Crippen LogP contribution in [0.1, 0.15) is 27.2 Å². The summed E-state index contributed by atoms with van der Waals surface area (Å²) in [5.41, 5.74) is 6.51. The molecule has 0 spiro atoms. The summed E-state index contributed by atoms with van der Waals surface area (Å²) in [6, 6.07) is 0. The van der Waals surface area contributed by atoms with Gasteiger partial charge in [-0.1, -0.05) is 20.8 Å². The van der Waals surface area contributed by atoms with Crippen molar-refractivity contribution < 1.29 is 0 Å². The lowest BCUT2D eigenvalue weighted by atomic mass is 10.1. The Bertz CT molecular complexity index is 146. The van der Waals surface area contributed by atoms with Crippen LogP contribution in [0.2, 0.25) is 0 Å². The van der Waals surface area contributed by atoms with Crippen molar-refractivity contribution in [3.05, 3.63) is 11.8 Å². The molecule has 2 nitrogen and oxygen atoms in total. The van der Waals surface area contributed by atoms with E-state index in [1.54, 1.807) is 6.20 Å². The lowest BCUT2D eigenvalue weighted by Gasteiger charge is -2.02. The molecule has 0 unspecified atom stereocenters. The fourth-order valence-electron chi connectivity index (χ4n) is 0.684. The van der Waals surface area contributed by atoms with E-state index in [1.807, 2.05) is 6.21 Å². The van der Waals surface area contributed by atoms with Crippen LogP contribution < -0.4 is 5.73 Å². The zero-order valence-electron chi connectivity index (χ0n) is 7.67. The molecule has 0 heterocycles. The maximum absolute atomic E-state index is 5.40. The molecular formula is C9H18N2. The third kappa shape index (κ3) is 4.59. The third-order valence-electron chi connectivity index (χ3n) is 1.45. The molecule has 11 heavy (non-hydrogen) atoms. The average Bonchev–Trinajstić information content (AvgIpc) is 1.97. The Hall–Kier alpha value is -0.790. The molecule has 0 saturated heterocycles. The van der Waals surface area contributed by atoms with Crippen LogP contribution in [0, 0.1) is 5.92 Å². The van der Waals surface area contributed by atoms with Gasteiger partial charge in [-0.05, 0) is 24.1 Å². The number of nitrogens with zero attached hydrogens (tertiary/aromatic N) is 1. The minimum absolute atomic E-state index is 0.473. The summed E-state index contributed by atoms with van der Waals surface area (Å²) in [7, 11) is 0. The van der Waals surface area contributed by atoms with Gasteiger partial charge in [0, 0.05) is 12.8 Å². The van der Waals surface area contributed by atoms with Crippen molar-refractivity contribution in [1.29, 1.82) is 0 Å². The normalized spacial score (nSPS) is 13.3. The maximum Gasteiger partial charge on any atom is 0.0386 e. The lowest BCUT2D eigenvalue weighted by molar-refractivity contribution is 0.801. The molecule has 2 N–H and O–H groups in total. The predicted octanol–water partition coefficient (Wildman–Crippen LogP) is 1.97. The average molecular weight is 154 g/mol. The van der Waals surface area contributed by atoms with E-state index in [2.05, 4.69) is 25.8 Å². The number of aliphatic imine (C=N–C) groups is 1. The zero-order chi connectivity index (χ0) is 8.69. The zero-order valence-corrected chi connectivity index (χ0v) is 7.67. The highest BCUT2D eigenvalue weighted by Gasteiger charge is 1.96. The first-order valence-corrected chi connectivity index (χ1v) is 4.14. The standard InChI is InChI=1S/C9H18N2/c1-4-5-11-7-9(6-10)8(2)3/h6-8H,4-5,10H2,1-3H3/b9-6+,11-7?. The van der Waals surface area contributed by atoms with E-state index >= 15 is 0 Å². The molecule has 0 bridgehead atoms. The van der Waals surface area contributed by atoms with Gasteiger partial charge in [-0.15, -0.1) is 0 Å². The van der Waals surface area contributed by atoms with Crippen molar-refractivity contribution >= 4 is 6.21 Å². The van der Waals surface area contributed by atoms with Crippen molar-refractivity contribution in [1.82, 2.24) is 0 Å². The first kappa shape index (κ1) is 10.2. The van der Waals surface area contributed by atoms with E-state index in [4.69, 9.17) is 5.73 Å². The van der Waals surface area contributed by atoms with Crippen molar-refractivity contribution in [3.8, 4) is 0 Å². The van der Waals surface area contributed by atoms with Crippen molar-refractivity contribution in [2.24, 2.45) is 16.6 Å². The summed E-state index contributed by atoms with van der Waals surface area (Å²) in [6.07, 6.45) is 4.59. The minimum Gasteiger partial charge on any atom is -0.404 e. The Morgan fingerprint density at radius 2 is 2.18 bits per heavy atom. The van der Waals surface area contributed by atoms with Crippen molar-refractivity contribution in [3.63, 3.8) is 0 Å². The predicted molar refractivity (Wildman–Crippen MR) is 50.8 cm³/mol. The molecule has 0 aromatic rings. The van der Waals surface area contributed by atoms with Gasteiger partial charge in [0.15, 0.2) is 0 Å². The second-order valence-electron chi connectivity index (χ2n) is 2.86. The van der Waals surface area contributed by atoms with Gasteiger partial charge in [0.25, 0.3) is 0 Å². The van der Waals surface area contributed by atoms with Crippen LogP contribution in [-0.2, 0) is 0 Å². The van der Waals surface area contributed by atoms with Crippen LogP contribution in [0.15, 0.2) is 16.8 Å². The van der Waals surface area contributed by atoms with Crippen molar-refractivity contribution in [2.45, 2.75) is 27.2 Å². The van der Waals surface area contributed by atoms with E-state index in [-0.39, 0.29) is 0 Å². The van der Waals surface area contributed by atoms with Gasteiger partial charge in [0.2, 0.25) is 0 Å². The van der Waals surface area contributed by atoms with Crippen LogP contribution in [0.3, 0.4) is 0 Å². The van der Waals surface area contributed by atoms with E-state index < -0.39 is 0 Å². The van der Waals surface area contributed by atoms with Crippen LogP contribution in [-0.4, -0.2) is 12.8 Å². The molecule has 0 fully saturated rings. The number of hydrogen-bond acceptors (Lipinski definition) is 2. The SMILES string of the molecule is CCCN=C/C(=C\N)C(C)C. The highest BCUT2D eigenvalue weighted by atomic mass is 14.7. The number of rotatable bonds is 4. The molecule has 0 saturated carbocycles. The molecule has 0 amide bonds. The van der Waals surface area contributed by atoms with Crippen LogP contribution in [0.4, 0.5) is 0 Å². The Balaban J connectivity index is 3.89. The second kappa shape index (κ2) is 5.96. The van der Waals surface area contributed by atoms with Crippen LogP contribution in [0.25, 0.3) is 0 Å². The number of hydrogen-bond donors (Lipinski definition) is 1. The lowest BCUT2D eigenvalue weighted by Crippen LogP contribution is -1.99. The molecule has 2 heteroatoms. The second-order valence-corrected chi connectivity index (χ2v) is 2.86. The summed E-state index contributed by atoms with van der Waals surface area (Å²) >= 11 is 0.